The number of rotatable bonds is 6. The summed E-state index contributed by atoms with van der Waals surface area (Å²) in [7, 11) is -3.91. The molecule has 0 bridgehead atoms. The normalized spacial score (nSPS) is 16.6. The number of carbonyl (C=O) groups is 1. The molecule has 0 radical (unpaired) electrons. The zero-order chi connectivity index (χ0) is 30.2. The number of anilines is 3. The highest BCUT2D eigenvalue weighted by Crippen LogP contribution is 2.32. The van der Waals surface area contributed by atoms with Crippen LogP contribution in [0.5, 0.6) is 0 Å². The number of aromatic nitrogens is 2. The fourth-order valence-corrected chi connectivity index (χ4v) is 7.10. The fraction of sp³-hybridized carbons (Fsp3) is 0.433. The van der Waals surface area contributed by atoms with E-state index in [1.54, 1.807) is 12.3 Å². The van der Waals surface area contributed by atoms with E-state index in [4.69, 9.17) is 16.7 Å². The van der Waals surface area contributed by atoms with Gasteiger partial charge in [0.05, 0.1) is 5.02 Å². The average Bonchev–Trinajstić information content (AvgIpc) is 2.95. The van der Waals surface area contributed by atoms with Crippen molar-refractivity contribution in [2.45, 2.75) is 51.5 Å². The summed E-state index contributed by atoms with van der Waals surface area (Å²) in [5.74, 6) is 1.14. The van der Waals surface area contributed by atoms with Crippen LogP contribution in [-0.2, 0) is 10.0 Å². The maximum atomic E-state index is 13.8. The van der Waals surface area contributed by atoms with Crippen LogP contribution >= 0.6 is 11.6 Å². The molecular formula is C30H38ClN7O3S. The highest BCUT2D eigenvalue weighted by atomic mass is 35.5. The molecule has 5 rings (SSSR count). The lowest BCUT2D eigenvalue weighted by Crippen LogP contribution is -2.49. The van der Waals surface area contributed by atoms with Gasteiger partial charge >= 0.3 is 0 Å². The molecule has 224 valence electrons. The van der Waals surface area contributed by atoms with Gasteiger partial charge in [0.15, 0.2) is 0 Å². The van der Waals surface area contributed by atoms with Crippen LogP contribution in [0.4, 0.5) is 17.3 Å². The number of piperidine rings is 1. The van der Waals surface area contributed by atoms with E-state index in [0.717, 1.165) is 59.7 Å². The Kier molecular flexibility index (Phi) is 8.63. The van der Waals surface area contributed by atoms with E-state index in [0.29, 0.717) is 42.6 Å². The molecule has 10 nitrogen and oxygen atoms in total. The molecule has 0 unspecified atom stereocenters. The number of primary sulfonamides is 1. The first-order valence-corrected chi connectivity index (χ1v) is 16.1. The number of carbonyl (C=O) groups excluding carboxylic acids is 1. The average molecular weight is 612 g/mol. The number of nitrogens with zero attached hydrogens (tertiary/aromatic N) is 5. The predicted octanol–water partition coefficient (Wildman–Crippen LogP) is 4.05. The molecule has 3 N–H and O–H groups in total. The third-order valence-corrected chi connectivity index (χ3v) is 9.42. The van der Waals surface area contributed by atoms with Gasteiger partial charge in [-0.05, 0) is 81.0 Å². The van der Waals surface area contributed by atoms with E-state index < -0.39 is 10.0 Å². The number of nitrogens with two attached hydrogens (primary N) is 1. The van der Waals surface area contributed by atoms with Crippen molar-refractivity contribution < 1.29 is 13.2 Å². The van der Waals surface area contributed by atoms with E-state index in [1.165, 1.54) is 6.07 Å². The lowest BCUT2D eigenvalue weighted by molar-refractivity contribution is 0.0745. The highest BCUT2D eigenvalue weighted by Gasteiger charge is 2.29. The van der Waals surface area contributed by atoms with Gasteiger partial charge in [-0.15, -0.1) is 0 Å². The molecule has 42 heavy (non-hydrogen) atoms. The van der Waals surface area contributed by atoms with Gasteiger partial charge in [0.2, 0.25) is 10.0 Å². The summed E-state index contributed by atoms with van der Waals surface area (Å²) in [6.07, 6.45) is 5.26. The Labute approximate surface area is 252 Å². The van der Waals surface area contributed by atoms with E-state index in [9.17, 15) is 13.2 Å². The first kappa shape index (κ1) is 30.1. The van der Waals surface area contributed by atoms with E-state index >= 15 is 0 Å². The molecule has 0 aliphatic carbocycles. The number of sulfonamides is 1. The zero-order valence-corrected chi connectivity index (χ0v) is 26.1. The number of pyridine rings is 2. The second-order valence-electron chi connectivity index (χ2n) is 11.3. The van der Waals surface area contributed by atoms with Crippen LogP contribution in [0.25, 0.3) is 0 Å². The van der Waals surface area contributed by atoms with E-state index in [1.807, 2.05) is 42.8 Å². The molecule has 2 fully saturated rings. The van der Waals surface area contributed by atoms with E-state index in [-0.39, 0.29) is 16.8 Å². The Hall–Kier alpha value is -3.41. The molecule has 1 amide bonds. The van der Waals surface area contributed by atoms with Crippen LogP contribution in [0.3, 0.4) is 0 Å². The molecule has 3 aromatic rings. The second-order valence-corrected chi connectivity index (χ2v) is 13.2. The quantitative estimate of drug-likeness (QED) is 0.428. The Balaban J connectivity index is 1.27. The number of hydrogen-bond acceptors (Lipinski definition) is 8. The summed E-state index contributed by atoms with van der Waals surface area (Å²) >= 11 is 6.47. The molecule has 12 heteroatoms. The molecule has 2 aromatic heterocycles. The Morgan fingerprint density at radius 2 is 1.62 bits per heavy atom. The Bertz CT molecular complexity index is 1600. The lowest BCUT2D eigenvalue weighted by atomic mass is 9.94. The molecular weight excluding hydrogens is 574 g/mol. The highest BCUT2D eigenvalue weighted by molar-refractivity contribution is 7.89. The number of halogens is 1. The molecule has 0 atom stereocenters. The Morgan fingerprint density at radius 3 is 2.26 bits per heavy atom. The fourth-order valence-electron chi connectivity index (χ4n) is 6.06. The van der Waals surface area contributed by atoms with Gasteiger partial charge in [-0.25, -0.2) is 23.5 Å². The van der Waals surface area contributed by atoms with Crippen LogP contribution in [0.1, 0.15) is 45.5 Å². The largest absolute Gasteiger partial charge is 0.382 e. The third-order valence-electron chi connectivity index (χ3n) is 8.21. The van der Waals surface area contributed by atoms with Gasteiger partial charge < -0.3 is 20.0 Å². The minimum Gasteiger partial charge on any atom is -0.382 e. The van der Waals surface area contributed by atoms with Crippen LogP contribution in [0.2, 0.25) is 5.02 Å². The van der Waals surface area contributed by atoms with Crippen molar-refractivity contribution in [1.82, 2.24) is 14.9 Å². The smallest absolute Gasteiger partial charge is 0.254 e. The van der Waals surface area contributed by atoms with Crippen molar-refractivity contribution in [1.29, 1.82) is 0 Å². The van der Waals surface area contributed by atoms with E-state index in [2.05, 4.69) is 33.2 Å². The van der Waals surface area contributed by atoms with Gasteiger partial charge in [-0.1, -0.05) is 17.7 Å². The van der Waals surface area contributed by atoms with Crippen LogP contribution < -0.4 is 20.3 Å². The SMILES string of the molecule is Cc1cnc(N2CCC(Nc3c(C)cc(C)c(C(=O)N4CCN(c5ncccc5S(N)(=O)=O)CC4)c3C)CC2)c(Cl)c1. The van der Waals surface area contributed by atoms with Crippen molar-refractivity contribution in [3.8, 4) is 0 Å². The molecule has 0 saturated carbocycles. The Morgan fingerprint density at radius 1 is 0.952 bits per heavy atom. The molecule has 1 aromatic carbocycles. The minimum absolute atomic E-state index is 0.00484. The van der Waals surface area contributed by atoms with Crippen LogP contribution in [0.15, 0.2) is 41.6 Å². The number of piperazine rings is 1. The molecule has 2 saturated heterocycles. The maximum Gasteiger partial charge on any atom is 0.254 e. The monoisotopic (exact) mass is 611 g/mol. The first-order chi connectivity index (χ1) is 19.9. The summed E-state index contributed by atoms with van der Waals surface area (Å²) in [5, 5.41) is 9.84. The maximum absolute atomic E-state index is 13.8. The van der Waals surface area contributed by atoms with Crippen molar-refractivity contribution in [3.63, 3.8) is 0 Å². The molecule has 2 aliphatic heterocycles. The lowest BCUT2D eigenvalue weighted by Gasteiger charge is -2.37. The molecule has 2 aliphatic rings. The van der Waals surface area contributed by atoms with Gasteiger partial charge in [0.1, 0.15) is 16.5 Å². The van der Waals surface area contributed by atoms with Gasteiger partial charge in [-0.3, -0.25) is 4.79 Å². The molecule has 0 spiro atoms. The van der Waals surface area contributed by atoms with Crippen molar-refractivity contribution in [2.24, 2.45) is 5.14 Å². The van der Waals surface area contributed by atoms with Gasteiger partial charge in [0, 0.05) is 69.0 Å². The standard InChI is InChI=1S/C30H38ClN7O3S/c1-19-16-24(31)28(34-18-19)36-10-7-23(8-11-36)35-27-21(3)17-20(2)26(22(27)4)30(39)38-14-12-37(13-15-38)29-25(42(32,40)41)6-5-9-33-29/h5-6,9,16-18,23,35H,7-8,10-15H2,1-4H3,(H2,32,40,41). The number of amides is 1. The van der Waals surface area contributed by atoms with Crippen molar-refractivity contribution >= 4 is 44.9 Å². The van der Waals surface area contributed by atoms with Crippen LogP contribution in [-0.4, -0.2) is 74.5 Å². The number of benzene rings is 1. The number of hydrogen-bond donors (Lipinski definition) is 2. The summed E-state index contributed by atoms with van der Waals surface area (Å²) in [6, 6.07) is 7.31. The minimum atomic E-state index is -3.91. The zero-order valence-electron chi connectivity index (χ0n) is 24.5. The van der Waals surface area contributed by atoms with Gasteiger partial charge in [0.25, 0.3) is 5.91 Å². The van der Waals surface area contributed by atoms with Crippen molar-refractivity contribution in [2.75, 3.05) is 54.4 Å². The summed E-state index contributed by atoms with van der Waals surface area (Å²) in [4.78, 5) is 28.6. The topological polar surface area (TPSA) is 125 Å². The van der Waals surface area contributed by atoms with Crippen molar-refractivity contribution in [3.05, 3.63) is 69.5 Å². The summed E-state index contributed by atoms with van der Waals surface area (Å²) in [5.41, 5.74) is 5.78. The third kappa shape index (κ3) is 6.18. The number of nitrogens with one attached hydrogen (secondary N) is 1. The van der Waals surface area contributed by atoms with Crippen LogP contribution in [0, 0.1) is 27.7 Å². The predicted molar refractivity (Wildman–Crippen MR) is 167 cm³/mol. The number of aryl methyl sites for hydroxylation is 3. The second kappa shape index (κ2) is 12.1. The summed E-state index contributed by atoms with van der Waals surface area (Å²) in [6.45, 7) is 11.6. The first-order valence-electron chi connectivity index (χ1n) is 14.2. The molecule has 4 heterocycles. The van der Waals surface area contributed by atoms with Gasteiger partial charge in [-0.2, -0.15) is 0 Å². The summed E-state index contributed by atoms with van der Waals surface area (Å²) < 4.78 is 24.1.